The lowest BCUT2D eigenvalue weighted by Gasteiger charge is -2.10. The van der Waals surface area contributed by atoms with Crippen molar-refractivity contribution in [2.75, 3.05) is 0 Å². The molecule has 1 aliphatic rings. The van der Waals surface area contributed by atoms with E-state index in [9.17, 15) is 4.79 Å². The molecule has 1 atom stereocenters. The molecule has 0 aliphatic heterocycles. The molecule has 0 spiro atoms. The van der Waals surface area contributed by atoms with E-state index in [1.54, 1.807) is 12.4 Å². The van der Waals surface area contributed by atoms with Gasteiger partial charge in [-0.25, -0.2) is 0 Å². The number of pyridine rings is 1. The number of rotatable bonds is 5. The molecule has 0 fully saturated rings. The zero-order chi connectivity index (χ0) is 14.4. The molecular formula is C17H18N2O. The maximum atomic E-state index is 12.3. The van der Waals surface area contributed by atoms with Crippen LogP contribution in [0.2, 0.25) is 0 Å². The number of carbonyl (C=O) groups excluding carboxylic acids is 1. The molecule has 1 heterocycles. The minimum atomic E-state index is 0.0845. The lowest BCUT2D eigenvalue weighted by Crippen LogP contribution is -2.04. The van der Waals surface area contributed by atoms with Crippen molar-refractivity contribution in [2.24, 2.45) is 0 Å². The molecular weight excluding hydrogens is 248 g/mol. The van der Waals surface area contributed by atoms with Crippen LogP contribution in [0.25, 0.3) is 0 Å². The van der Waals surface area contributed by atoms with Gasteiger partial charge in [0.1, 0.15) is 0 Å². The fourth-order valence-electron chi connectivity index (χ4n) is 2.22. The monoisotopic (exact) mass is 266 g/mol. The summed E-state index contributed by atoms with van der Waals surface area (Å²) in [4.78, 5) is 16.4. The first-order chi connectivity index (χ1) is 9.70. The van der Waals surface area contributed by atoms with Crippen LogP contribution < -0.4 is 0 Å². The fraction of sp³-hybridized carbons (Fsp3) is 0.353. The zero-order valence-corrected chi connectivity index (χ0v) is 11.7. The highest BCUT2D eigenvalue weighted by molar-refractivity contribution is 5.97. The number of hydrogen-bond donors (Lipinski definition) is 0. The molecule has 0 saturated heterocycles. The summed E-state index contributed by atoms with van der Waals surface area (Å²) in [6.07, 6.45) is 12.5. The molecule has 0 N–H and O–H groups in total. The molecule has 0 saturated carbocycles. The van der Waals surface area contributed by atoms with Crippen LogP contribution >= 0.6 is 0 Å². The molecule has 0 amide bonds. The molecule has 0 aromatic carbocycles. The lowest BCUT2D eigenvalue weighted by molar-refractivity contribution is 0.0993. The minimum Gasteiger partial charge on any atom is -0.294 e. The summed E-state index contributed by atoms with van der Waals surface area (Å²) < 4.78 is 0. The number of nitriles is 1. The SMILES string of the molecule is CC(CC#N)c1cncc(C(=O)CC2=CCCC=C2)c1. The molecule has 1 unspecified atom stereocenters. The van der Waals surface area contributed by atoms with Crippen molar-refractivity contribution >= 4 is 5.78 Å². The van der Waals surface area contributed by atoms with Gasteiger partial charge in [-0.3, -0.25) is 9.78 Å². The number of carbonyl (C=O) groups is 1. The number of nitrogens with zero attached hydrogens (tertiary/aromatic N) is 2. The molecule has 20 heavy (non-hydrogen) atoms. The van der Waals surface area contributed by atoms with E-state index in [-0.39, 0.29) is 11.7 Å². The molecule has 1 aromatic rings. The second-order valence-electron chi connectivity index (χ2n) is 5.13. The summed E-state index contributed by atoms with van der Waals surface area (Å²) in [5.74, 6) is 0.190. The number of ketones is 1. The Kier molecular flexibility index (Phi) is 4.84. The minimum absolute atomic E-state index is 0.0845. The van der Waals surface area contributed by atoms with E-state index in [2.05, 4.69) is 23.2 Å². The van der Waals surface area contributed by atoms with Gasteiger partial charge in [0.25, 0.3) is 0 Å². The van der Waals surface area contributed by atoms with Crippen LogP contribution in [0.5, 0.6) is 0 Å². The van der Waals surface area contributed by atoms with Crippen molar-refractivity contribution in [2.45, 2.75) is 38.5 Å². The van der Waals surface area contributed by atoms with Crippen LogP contribution in [0.1, 0.15) is 54.4 Å². The van der Waals surface area contributed by atoms with Crippen LogP contribution in [0, 0.1) is 11.3 Å². The van der Waals surface area contributed by atoms with Gasteiger partial charge in [-0.15, -0.1) is 0 Å². The maximum Gasteiger partial charge on any atom is 0.168 e. The molecule has 0 bridgehead atoms. The summed E-state index contributed by atoms with van der Waals surface area (Å²) in [5, 5.41) is 8.74. The largest absolute Gasteiger partial charge is 0.294 e. The summed E-state index contributed by atoms with van der Waals surface area (Å²) in [7, 11) is 0. The van der Waals surface area contributed by atoms with E-state index in [1.165, 1.54) is 0 Å². The Morgan fingerprint density at radius 1 is 1.45 bits per heavy atom. The first-order valence-corrected chi connectivity index (χ1v) is 6.91. The quantitative estimate of drug-likeness (QED) is 0.758. The van der Waals surface area contributed by atoms with E-state index in [0.717, 1.165) is 24.0 Å². The lowest BCUT2D eigenvalue weighted by atomic mass is 9.95. The second-order valence-corrected chi connectivity index (χ2v) is 5.13. The van der Waals surface area contributed by atoms with E-state index < -0.39 is 0 Å². The predicted molar refractivity (Wildman–Crippen MR) is 78.3 cm³/mol. The Morgan fingerprint density at radius 2 is 2.30 bits per heavy atom. The summed E-state index contributed by atoms with van der Waals surface area (Å²) in [6, 6.07) is 4.01. The summed E-state index contributed by atoms with van der Waals surface area (Å²) in [6.45, 7) is 1.97. The Labute approximate surface area is 119 Å². The van der Waals surface area contributed by atoms with Gasteiger partial charge in [0.15, 0.2) is 5.78 Å². The van der Waals surface area contributed by atoms with E-state index >= 15 is 0 Å². The van der Waals surface area contributed by atoms with Crippen LogP contribution in [-0.2, 0) is 0 Å². The second kappa shape index (κ2) is 6.81. The average Bonchev–Trinajstić information content (AvgIpc) is 2.48. The molecule has 3 heteroatoms. The van der Waals surface area contributed by atoms with Crippen molar-refractivity contribution in [3.05, 3.63) is 53.4 Å². The summed E-state index contributed by atoms with van der Waals surface area (Å²) >= 11 is 0. The first kappa shape index (κ1) is 14.2. The topological polar surface area (TPSA) is 53.8 Å². The number of Topliss-reactive ketones (excluding diaryl/α,β-unsaturated/α-hetero) is 1. The van der Waals surface area contributed by atoms with Gasteiger partial charge in [-0.2, -0.15) is 5.26 Å². The predicted octanol–water partition coefficient (Wildman–Crippen LogP) is 3.95. The molecule has 2 rings (SSSR count). The molecule has 1 aliphatic carbocycles. The van der Waals surface area contributed by atoms with Gasteiger partial charge in [0, 0.05) is 30.8 Å². The smallest absolute Gasteiger partial charge is 0.168 e. The molecule has 102 valence electrons. The Hall–Kier alpha value is -2.21. The van der Waals surface area contributed by atoms with Gasteiger partial charge in [-0.1, -0.05) is 25.2 Å². The standard InChI is InChI=1S/C17H18N2O/c1-13(7-8-18)15-10-16(12-19-11-15)17(20)9-14-5-3-2-4-6-14/h3,5-6,10-13H,2,4,7,9H2,1H3. The van der Waals surface area contributed by atoms with Crippen molar-refractivity contribution in [1.82, 2.24) is 4.98 Å². The highest BCUT2D eigenvalue weighted by Gasteiger charge is 2.12. The van der Waals surface area contributed by atoms with Crippen LogP contribution in [0.4, 0.5) is 0 Å². The molecule has 0 radical (unpaired) electrons. The van der Waals surface area contributed by atoms with Crippen molar-refractivity contribution in [3.63, 3.8) is 0 Å². The Balaban J connectivity index is 2.10. The zero-order valence-electron chi connectivity index (χ0n) is 11.7. The number of allylic oxidation sites excluding steroid dienone is 4. The third kappa shape index (κ3) is 3.64. The number of hydrogen-bond acceptors (Lipinski definition) is 3. The third-order valence-electron chi connectivity index (χ3n) is 3.48. The maximum absolute atomic E-state index is 12.3. The summed E-state index contributed by atoms with van der Waals surface area (Å²) in [5.41, 5.74) is 2.66. The van der Waals surface area contributed by atoms with Crippen LogP contribution in [-0.4, -0.2) is 10.8 Å². The van der Waals surface area contributed by atoms with Gasteiger partial charge >= 0.3 is 0 Å². The first-order valence-electron chi connectivity index (χ1n) is 6.91. The highest BCUT2D eigenvalue weighted by Crippen LogP contribution is 2.21. The highest BCUT2D eigenvalue weighted by atomic mass is 16.1. The van der Waals surface area contributed by atoms with Gasteiger partial charge in [-0.05, 0) is 36.0 Å². The molecule has 1 aromatic heterocycles. The van der Waals surface area contributed by atoms with Crippen molar-refractivity contribution in [3.8, 4) is 6.07 Å². The van der Waals surface area contributed by atoms with Crippen LogP contribution in [0.15, 0.2) is 42.3 Å². The van der Waals surface area contributed by atoms with E-state index in [4.69, 9.17) is 5.26 Å². The number of aromatic nitrogens is 1. The van der Waals surface area contributed by atoms with Gasteiger partial charge < -0.3 is 0 Å². The van der Waals surface area contributed by atoms with Crippen molar-refractivity contribution in [1.29, 1.82) is 5.26 Å². The third-order valence-corrected chi connectivity index (χ3v) is 3.48. The Bertz CT molecular complexity index is 593. The fourth-order valence-corrected chi connectivity index (χ4v) is 2.22. The average molecular weight is 266 g/mol. The Morgan fingerprint density at radius 3 is 3.00 bits per heavy atom. The normalized spacial score (nSPS) is 15.3. The van der Waals surface area contributed by atoms with Crippen LogP contribution in [0.3, 0.4) is 0 Å². The van der Waals surface area contributed by atoms with Crippen molar-refractivity contribution < 1.29 is 4.79 Å². The van der Waals surface area contributed by atoms with E-state index in [1.807, 2.05) is 19.1 Å². The van der Waals surface area contributed by atoms with Gasteiger partial charge in [0.2, 0.25) is 0 Å². The van der Waals surface area contributed by atoms with E-state index in [0.29, 0.717) is 18.4 Å². The molecule has 3 nitrogen and oxygen atoms in total. The van der Waals surface area contributed by atoms with Gasteiger partial charge in [0.05, 0.1) is 6.07 Å².